The van der Waals surface area contributed by atoms with Crippen molar-refractivity contribution in [1.29, 1.82) is 0 Å². The van der Waals surface area contributed by atoms with Crippen LogP contribution in [-0.4, -0.2) is 17.5 Å². The van der Waals surface area contributed by atoms with Gasteiger partial charge in [-0.05, 0) is 61.9 Å². The highest BCUT2D eigenvalue weighted by atomic mass is 16.3. The molecule has 4 rings (SSSR count). The number of nitrogens with two attached hydrogens (primary N) is 1. The quantitative estimate of drug-likeness (QED) is 0.509. The van der Waals surface area contributed by atoms with Crippen molar-refractivity contribution in [3.63, 3.8) is 0 Å². The van der Waals surface area contributed by atoms with Gasteiger partial charge in [0, 0.05) is 24.2 Å². The molecule has 3 aromatic rings. The first kappa shape index (κ1) is 18.3. The van der Waals surface area contributed by atoms with E-state index in [1.807, 2.05) is 12.1 Å². The summed E-state index contributed by atoms with van der Waals surface area (Å²) in [5, 5.41) is 3.28. The van der Waals surface area contributed by atoms with Crippen LogP contribution in [0.3, 0.4) is 0 Å². The van der Waals surface area contributed by atoms with Crippen LogP contribution in [0, 0.1) is 6.92 Å². The first-order valence-electron chi connectivity index (χ1n) is 9.88. The maximum absolute atomic E-state index is 6.11. The molecule has 1 aromatic heterocycles. The van der Waals surface area contributed by atoms with Crippen LogP contribution in [0.15, 0.2) is 58.1 Å². The molecular formula is C23H26N4O. The third kappa shape index (κ3) is 4.25. The standard InChI is InChI=1S/C23H26N4O/c1-16-9-11-18(12-10-16)22-26-19(15-28-22)13-14-25-23(24)27-21-8-4-6-17-5-2-3-7-20(17)21/h4,6,8-12,15H,2-3,5,7,13-14H2,1H3,(H3,24,25,27). The molecule has 1 aliphatic carbocycles. The number of nitrogens with zero attached hydrogens (tertiary/aromatic N) is 2. The first-order valence-corrected chi connectivity index (χ1v) is 9.88. The van der Waals surface area contributed by atoms with Gasteiger partial charge in [0.1, 0.15) is 6.26 Å². The van der Waals surface area contributed by atoms with E-state index in [-0.39, 0.29) is 0 Å². The van der Waals surface area contributed by atoms with E-state index in [4.69, 9.17) is 10.2 Å². The molecule has 0 spiro atoms. The summed E-state index contributed by atoms with van der Waals surface area (Å²) in [5.41, 5.74) is 13.1. The number of nitrogens with one attached hydrogen (secondary N) is 1. The summed E-state index contributed by atoms with van der Waals surface area (Å²) in [7, 11) is 0. The van der Waals surface area contributed by atoms with Crippen LogP contribution in [0.5, 0.6) is 0 Å². The number of fused-ring (bicyclic) bond motifs is 1. The first-order chi connectivity index (χ1) is 13.7. The van der Waals surface area contributed by atoms with E-state index in [1.165, 1.54) is 29.5 Å². The molecule has 0 bridgehead atoms. The van der Waals surface area contributed by atoms with Gasteiger partial charge in [-0.15, -0.1) is 0 Å². The number of aryl methyl sites for hydroxylation is 2. The monoisotopic (exact) mass is 374 g/mol. The molecule has 5 nitrogen and oxygen atoms in total. The Labute approximate surface area is 165 Å². The molecule has 0 fully saturated rings. The largest absolute Gasteiger partial charge is 0.444 e. The number of guanidine groups is 1. The lowest BCUT2D eigenvalue weighted by molar-refractivity contribution is 0.572. The third-order valence-electron chi connectivity index (χ3n) is 5.16. The zero-order valence-electron chi connectivity index (χ0n) is 16.2. The van der Waals surface area contributed by atoms with Gasteiger partial charge in [-0.2, -0.15) is 0 Å². The van der Waals surface area contributed by atoms with Crippen molar-refractivity contribution in [3.05, 3.63) is 71.1 Å². The lowest BCUT2D eigenvalue weighted by Gasteiger charge is -2.19. The molecule has 3 N–H and O–H groups in total. The van der Waals surface area contributed by atoms with Gasteiger partial charge < -0.3 is 15.5 Å². The number of aromatic nitrogens is 1. The van der Waals surface area contributed by atoms with E-state index >= 15 is 0 Å². The van der Waals surface area contributed by atoms with E-state index in [2.05, 4.69) is 52.5 Å². The molecule has 2 aromatic carbocycles. The summed E-state index contributed by atoms with van der Waals surface area (Å²) in [5.74, 6) is 1.09. The Bertz CT molecular complexity index is 973. The van der Waals surface area contributed by atoms with E-state index in [9.17, 15) is 0 Å². The lowest BCUT2D eigenvalue weighted by atomic mass is 9.90. The van der Waals surface area contributed by atoms with Crippen LogP contribution < -0.4 is 11.1 Å². The minimum Gasteiger partial charge on any atom is -0.444 e. The number of hydrogen-bond acceptors (Lipinski definition) is 3. The minimum absolute atomic E-state index is 0.446. The minimum atomic E-state index is 0.446. The topological polar surface area (TPSA) is 76.4 Å². The zero-order chi connectivity index (χ0) is 19.3. The summed E-state index contributed by atoms with van der Waals surface area (Å²) in [6, 6.07) is 14.5. The fraction of sp³-hybridized carbons (Fsp3) is 0.304. The second-order valence-electron chi connectivity index (χ2n) is 7.30. The van der Waals surface area contributed by atoms with Crippen LogP contribution in [0.2, 0.25) is 0 Å². The van der Waals surface area contributed by atoms with E-state index in [0.717, 1.165) is 29.8 Å². The Hall–Kier alpha value is -3.08. The maximum atomic E-state index is 6.11. The molecule has 1 aliphatic rings. The second-order valence-corrected chi connectivity index (χ2v) is 7.30. The highest BCUT2D eigenvalue weighted by Gasteiger charge is 2.13. The van der Waals surface area contributed by atoms with Crippen molar-refractivity contribution in [2.24, 2.45) is 10.7 Å². The highest BCUT2D eigenvalue weighted by Crippen LogP contribution is 2.27. The fourth-order valence-electron chi connectivity index (χ4n) is 3.62. The van der Waals surface area contributed by atoms with Gasteiger partial charge in [0.15, 0.2) is 5.96 Å². The molecule has 1 heterocycles. The van der Waals surface area contributed by atoms with E-state index in [1.54, 1.807) is 6.26 Å². The summed E-state index contributed by atoms with van der Waals surface area (Å²) in [4.78, 5) is 9.01. The average Bonchev–Trinajstić information content (AvgIpc) is 3.18. The van der Waals surface area contributed by atoms with Crippen LogP contribution >= 0.6 is 0 Å². The number of anilines is 1. The molecule has 0 amide bonds. The van der Waals surface area contributed by atoms with Crippen molar-refractivity contribution in [3.8, 4) is 11.5 Å². The smallest absolute Gasteiger partial charge is 0.226 e. The Balaban J connectivity index is 1.36. The third-order valence-corrected chi connectivity index (χ3v) is 5.16. The molecule has 0 aliphatic heterocycles. The molecule has 5 heteroatoms. The van der Waals surface area contributed by atoms with Gasteiger partial charge in [0.2, 0.25) is 5.89 Å². The zero-order valence-corrected chi connectivity index (χ0v) is 16.2. The summed E-state index contributed by atoms with van der Waals surface area (Å²) >= 11 is 0. The SMILES string of the molecule is Cc1ccc(-c2nc(CCN=C(N)Nc3cccc4c3CCCC4)co2)cc1. The lowest BCUT2D eigenvalue weighted by Crippen LogP contribution is -2.24. The Morgan fingerprint density at radius 2 is 1.96 bits per heavy atom. The van der Waals surface area contributed by atoms with E-state index in [0.29, 0.717) is 24.8 Å². The van der Waals surface area contributed by atoms with Crippen LogP contribution in [-0.2, 0) is 19.3 Å². The van der Waals surface area contributed by atoms with Crippen molar-refractivity contribution in [2.45, 2.75) is 39.0 Å². The van der Waals surface area contributed by atoms with Crippen molar-refractivity contribution in [2.75, 3.05) is 11.9 Å². The Kier molecular flexibility index (Phi) is 5.42. The average molecular weight is 374 g/mol. The highest BCUT2D eigenvalue weighted by molar-refractivity contribution is 5.93. The van der Waals surface area contributed by atoms with Gasteiger partial charge in [0.25, 0.3) is 0 Å². The number of oxazole rings is 1. The van der Waals surface area contributed by atoms with Gasteiger partial charge in [-0.3, -0.25) is 4.99 Å². The molecule has 144 valence electrons. The summed E-state index contributed by atoms with van der Waals surface area (Å²) in [6.07, 6.45) is 7.14. The van der Waals surface area contributed by atoms with Gasteiger partial charge in [-0.1, -0.05) is 29.8 Å². The molecule has 0 saturated carbocycles. The van der Waals surface area contributed by atoms with Crippen LogP contribution in [0.1, 0.15) is 35.2 Å². The molecule has 28 heavy (non-hydrogen) atoms. The summed E-state index contributed by atoms with van der Waals surface area (Å²) < 4.78 is 5.60. The number of rotatable bonds is 5. The number of hydrogen-bond donors (Lipinski definition) is 2. The van der Waals surface area contributed by atoms with Crippen LogP contribution in [0.4, 0.5) is 5.69 Å². The summed E-state index contributed by atoms with van der Waals surface area (Å²) in [6.45, 7) is 2.63. The van der Waals surface area contributed by atoms with Gasteiger partial charge in [-0.25, -0.2) is 4.98 Å². The van der Waals surface area contributed by atoms with Crippen molar-refractivity contribution < 1.29 is 4.42 Å². The number of aliphatic imine (C=N–C) groups is 1. The van der Waals surface area contributed by atoms with Crippen molar-refractivity contribution in [1.82, 2.24) is 4.98 Å². The van der Waals surface area contributed by atoms with Crippen LogP contribution in [0.25, 0.3) is 11.5 Å². The van der Waals surface area contributed by atoms with Gasteiger partial charge in [0.05, 0.1) is 5.69 Å². The Morgan fingerprint density at radius 1 is 1.14 bits per heavy atom. The van der Waals surface area contributed by atoms with Crippen molar-refractivity contribution >= 4 is 11.6 Å². The van der Waals surface area contributed by atoms with E-state index < -0.39 is 0 Å². The molecule has 0 atom stereocenters. The van der Waals surface area contributed by atoms with Gasteiger partial charge >= 0.3 is 0 Å². The Morgan fingerprint density at radius 3 is 2.82 bits per heavy atom. The predicted molar refractivity (Wildman–Crippen MR) is 114 cm³/mol. The molecule has 0 unspecified atom stereocenters. The second kappa shape index (κ2) is 8.30. The number of benzene rings is 2. The normalized spacial score (nSPS) is 14.0. The molecular weight excluding hydrogens is 348 g/mol. The molecule has 0 radical (unpaired) electrons. The predicted octanol–water partition coefficient (Wildman–Crippen LogP) is 4.50. The maximum Gasteiger partial charge on any atom is 0.226 e. The fourth-order valence-corrected chi connectivity index (χ4v) is 3.62. The molecule has 0 saturated heterocycles.